The molecule has 2 heteroatoms. The fourth-order valence-electron chi connectivity index (χ4n) is 3.52. The van der Waals surface area contributed by atoms with Crippen molar-refractivity contribution in [2.24, 2.45) is 0 Å². The van der Waals surface area contributed by atoms with Crippen LogP contribution in [0.15, 0.2) is 0 Å². The van der Waals surface area contributed by atoms with E-state index < -0.39 is 0 Å². The van der Waals surface area contributed by atoms with E-state index in [1.54, 1.807) is 0 Å². The third-order valence-electron chi connectivity index (χ3n) is 4.61. The smallest absolute Gasteiger partial charge is 0.0195 e. The molecule has 0 aromatic heterocycles. The predicted octanol–water partition coefficient (Wildman–Crippen LogP) is 3.17. The van der Waals surface area contributed by atoms with Crippen molar-refractivity contribution >= 4 is 0 Å². The Bertz CT molecular complexity index is 191. The molecule has 1 heterocycles. The Morgan fingerprint density at radius 2 is 1.65 bits per heavy atom. The molecule has 2 aliphatic rings. The van der Waals surface area contributed by atoms with Gasteiger partial charge in [0.05, 0.1) is 0 Å². The molecule has 2 rings (SSSR count). The van der Waals surface area contributed by atoms with E-state index in [2.05, 4.69) is 17.1 Å². The van der Waals surface area contributed by atoms with Crippen molar-refractivity contribution in [1.29, 1.82) is 0 Å². The third-order valence-corrected chi connectivity index (χ3v) is 4.61. The van der Waals surface area contributed by atoms with Crippen molar-refractivity contribution < 1.29 is 0 Å². The Morgan fingerprint density at radius 3 is 2.24 bits per heavy atom. The molecule has 2 nitrogen and oxygen atoms in total. The van der Waals surface area contributed by atoms with E-state index in [-0.39, 0.29) is 0 Å². The standard InChI is InChI=1S/C15H30N2/c1-2-17(13-14-9-7-8-12-16-14)15-10-5-3-4-6-11-15/h14-16H,2-13H2,1H3. The lowest BCUT2D eigenvalue weighted by Crippen LogP contribution is -2.47. The van der Waals surface area contributed by atoms with E-state index in [1.165, 1.54) is 77.4 Å². The third kappa shape index (κ3) is 4.26. The lowest BCUT2D eigenvalue weighted by molar-refractivity contribution is 0.159. The summed E-state index contributed by atoms with van der Waals surface area (Å²) >= 11 is 0. The fraction of sp³-hybridized carbons (Fsp3) is 1.00. The van der Waals surface area contributed by atoms with Crippen LogP contribution in [-0.2, 0) is 0 Å². The highest BCUT2D eigenvalue weighted by Gasteiger charge is 2.22. The maximum Gasteiger partial charge on any atom is 0.0195 e. The van der Waals surface area contributed by atoms with Crippen molar-refractivity contribution in [1.82, 2.24) is 10.2 Å². The average Bonchev–Trinajstić information content (AvgIpc) is 2.66. The summed E-state index contributed by atoms with van der Waals surface area (Å²) in [4.78, 5) is 2.76. The minimum atomic E-state index is 0.770. The van der Waals surface area contributed by atoms with Gasteiger partial charge in [0, 0.05) is 18.6 Å². The van der Waals surface area contributed by atoms with Gasteiger partial charge in [-0.2, -0.15) is 0 Å². The van der Waals surface area contributed by atoms with Gasteiger partial charge in [0.15, 0.2) is 0 Å². The molecule has 0 bridgehead atoms. The second kappa shape index (κ2) is 7.38. The Morgan fingerprint density at radius 1 is 0.941 bits per heavy atom. The summed E-state index contributed by atoms with van der Waals surface area (Å²) in [7, 11) is 0. The number of likely N-dealkylation sites (N-methyl/N-ethyl adjacent to an activating group) is 1. The van der Waals surface area contributed by atoms with E-state index in [9.17, 15) is 0 Å². The topological polar surface area (TPSA) is 15.3 Å². The predicted molar refractivity (Wildman–Crippen MR) is 74.4 cm³/mol. The van der Waals surface area contributed by atoms with Gasteiger partial charge < -0.3 is 5.32 Å². The minimum Gasteiger partial charge on any atom is -0.313 e. The highest BCUT2D eigenvalue weighted by atomic mass is 15.2. The Kier molecular flexibility index (Phi) is 5.79. The van der Waals surface area contributed by atoms with Crippen LogP contribution < -0.4 is 5.32 Å². The number of rotatable bonds is 4. The van der Waals surface area contributed by atoms with Crippen molar-refractivity contribution in [3.8, 4) is 0 Å². The largest absolute Gasteiger partial charge is 0.313 e. The molecule has 2 fully saturated rings. The highest BCUT2D eigenvalue weighted by molar-refractivity contribution is 4.80. The minimum absolute atomic E-state index is 0.770. The van der Waals surface area contributed by atoms with Gasteiger partial charge in [-0.15, -0.1) is 0 Å². The van der Waals surface area contributed by atoms with E-state index in [4.69, 9.17) is 0 Å². The van der Waals surface area contributed by atoms with Crippen molar-refractivity contribution in [2.75, 3.05) is 19.6 Å². The van der Waals surface area contributed by atoms with Gasteiger partial charge >= 0.3 is 0 Å². The van der Waals surface area contributed by atoms with Crippen LogP contribution in [0.4, 0.5) is 0 Å². The SMILES string of the molecule is CCN(CC1CCCCN1)C1CCCCCC1. The van der Waals surface area contributed by atoms with E-state index in [0.29, 0.717) is 0 Å². The molecule has 0 radical (unpaired) electrons. The molecular formula is C15H30N2. The number of hydrogen-bond donors (Lipinski definition) is 1. The second-order valence-corrected chi connectivity index (χ2v) is 5.88. The van der Waals surface area contributed by atoms with Crippen LogP contribution >= 0.6 is 0 Å². The fourth-order valence-corrected chi connectivity index (χ4v) is 3.52. The van der Waals surface area contributed by atoms with Crippen LogP contribution in [0.3, 0.4) is 0 Å². The first-order valence-corrected chi connectivity index (χ1v) is 7.87. The molecule has 17 heavy (non-hydrogen) atoms. The van der Waals surface area contributed by atoms with Crippen LogP contribution in [0.2, 0.25) is 0 Å². The van der Waals surface area contributed by atoms with Gasteiger partial charge in [0.1, 0.15) is 0 Å². The van der Waals surface area contributed by atoms with Crippen LogP contribution in [0.25, 0.3) is 0 Å². The zero-order chi connectivity index (χ0) is 11.9. The number of nitrogens with zero attached hydrogens (tertiary/aromatic N) is 1. The molecule has 1 aliphatic heterocycles. The van der Waals surface area contributed by atoms with Crippen molar-refractivity contribution in [2.45, 2.75) is 76.8 Å². The molecule has 100 valence electrons. The summed E-state index contributed by atoms with van der Waals surface area (Å²) in [5.74, 6) is 0. The molecule has 0 aromatic rings. The Labute approximate surface area is 107 Å². The summed E-state index contributed by atoms with van der Waals surface area (Å²) in [6, 6.07) is 1.65. The van der Waals surface area contributed by atoms with Gasteiger partial charge in [-0.3, -0.25) is 4.90 Å². The molecular weight excluding hydrogens is 208 g/mol. The zero-order valence-corrected chi connectivity index (χ0v) is 11.6. The number of hydrogen-bond acceptors (Lipinski definition) is 2. The van der Waals surface area contributed by atoms with E-state index in [0.717, 1.165) is 12.1 Å². The molecule has 0 aromatic carbocycles. The van der Waals surface area contributed by atoms with E-state index >= 15 is 0 Å². The molecule has 1 saturated carbocycles. The van der Waals surface area contributed by atoms with Crippen molar-refractivity contribution in [3.05, 3.63) is 0 Å². The number of nitrogens with one attached hydrogen (secondary N) is 1. The maximum absolute atomic E-state index is 3.70. The first-order chi connectivity index (χ1) is 8.40. The Hall–Kier alpha value is -0.0800. The Balaban J connectivity index is 1.81. The number of piperidine rings is 1. The second-order valence-electron chi connectivity index (χ2n) is 5.88. The van der Waals surface area contributed by atoms with Gasteiger partial charge in [-0.05, 0) is 38.8 Å². The zero-order valence-electron chi connectivity index (χ0n) is 11.6. The van der Waals surface area contributed by atoms with Gasteiger partial charge in [0.25, 0.3) is 0 Å². The van der Waals surface area contributed by atoms with Crippen LogP contribution in [0.5, 0.6) is 0 Å². The van der Waals surface area contributed by atoms with Crippen molar-refractivity contribution in [3.63, 3.8) is 0 Å². The van der Waals surface area contributed by atoms with E-state index in [1.807, 2.05) is 0 Å². The van der Waals surface area contributed by atoms with Gasteiger partial charge in [0.2, 0.25) is 0 Å². The summed E-state index contributed by atoms with van der Waals surface area (Å²) in [6.45, 7) is 6.12. The molecule has 1 saturated heterocycles. The van der Waals surface area contributed by atoms with Crippen LogP contribution in [-0.4, -0.2) is 36.6 Å². The summed E-state index contributed by atoms with van der Waals surface area (Å²) < 4.78 is 0. The summed E-state index contributed by atoms with van der Waals surface area (Å²) in [5.41, 5.74) is 0. The maximum atomic E-state index is 3.70. The van der Waals surface area contributed by atoms with Gasteiger partial charge in [-0.1, -0.05) is 39.0 Å². The average molecular weight is 238 g/mol. The summed E-state index contributed by atoms with van der Waals surface area (Å²) in [5, 5.41) is 3.70. The molecule has 1 N–H and O–H groups in total. The molecule has 1 aliphatic carbocycles. The highest BCUT2D eigenvalue weighted by Crippen LogP contribution is 2.22. The first-order valence-electron chi connectivity index (χ1n) is 7.87. The monoisotopic (exact) mass is 238 g/mol. The molecule has 0 spiro atoms. The normalized spacial score (nSPS) is 28.2. The van der Waals surface area contributed by atoms with Crippen LogP contribution in [0, 0.1) is 0 Å². The quantitative estimate of drug-likeness (QED) is 0.757. The lowest BCUT2D eigenvalue weighted by Gasteiger charge is -2.35. The molecule has 1 unspecified atom stereocenters. The lowest BCUT2D eigenvalue weighted by atomic mass is 10.0. The first kappa shape index (κ1) is 13.4. The molecule has 1 atom stereocenters. The van der Waals surface area contributed by atoms with Gasteiger partial charge in [-0.25, -0.2) is 0 Å². The summed E-state index contributed by atoms with van der Waals surface area (Å²) in [6.07, 6.45) is 12.9. The molecule has 0 amide bonds. The van der Waals surface area contributed by atoms with Crippen LogP contribution in [0.1, 0.15) is 64.7 Å².